The van der Waals surface area contributed by atoms with Crippen molar-refractivity contribution < 1.29 is 29.0 Å². The number of rotatable bonds is 3. The zero-order valence-electron chi connectivity index (χ0n) is 11.0. The van der Waals surface area contributed by atoms with Gasteiger partial charge in [-0.3, -0.25) is 0 Å². The van der Waals surface area contributed by atoms with Crippen LogP contribution in [0.2, 0.25) is 0 Å². The van der Waals surface area contributed by atoms with Gasteiger partial charge in [0.25, 0.3) is 0 Å². The van der Waals surface area contributed by atoms with E-state index < -0.39 is 5.97 Å². The van der Waals surface area contributed by atoms with Gasteiger partial charge >= 0.3 is 5.97 Å². The Morgan fingerprint density at radius 1 is 1.60 bits per heavy atom. The predicted octanol–water partition coefficient (Wildman–Crippen LogP) is 0.988. The molecule has 4 fully saturated rings. The maximum atomic E-state index is 10.3. The molecule has 0 radical (unpaired) electrons. The van der Waals surface area contributed by atoms with Gasteiger partial charge in [0.1, 0.15) is 12.7 Å². The van der Waals surface area contributed by atoms with Gasteiger partial charge in [-0.05, 0) is 19.3 Å². The number of aromatic nitrogens is 1. The Morgan fingerprint density at radius 3 is 3.00 bits per heavy atom. The summed E-state index contributed by atoms with van der Waals surface area (Å²) in [5.41, 5.74) is -0.1000. The number of hydrogen-bond acceptors (Lipinski definition) is 7. The average molecular weight is 284 g/mol. The second-order valence-corrected chi connectivity index (χ2v) is 5.02. The van der Waals surface area contributed by atoms with Crippen LogP contribution in [0.1, 0.15) is 35.5 Å². The first-order chi connectivity index (χ1) is 9.69. The van der Waals surface area contributed by atoms with Crippen molar-refractivity contribution in [2.75, 3.05) is 7.11 Å². The molecule has 0 aromatic carbocycles. The molecule has 4 unspecified atom stereocenters. The van der Waals surface area contributed by atoms with Gasteiger partial charge in [-0.2, -0.15) is 0 Å². The van der Waals surface area contributed by atoms with Crippen LogP contribution in [0.25, 0.3) is 0 Å². The molecule has 1 aliphatic carbocycles. The molecule has 1 saturated carbocycles. The van der Waals surface area contributed by atoms with Crippen LogP contribution in [0, 0.1) is 0 Å². The Bertz CT molecular complexity index is 472. The third kappa shape index (κ3) is 2.42. The van der Waals surface area contributed by atoms with E-state index in [-0.39, 0.29) is 12.3 Å². The van der Waals surface area contributed by atoms with E-state index in [9.17, 15) is 4.79 Å². The summed E-state index contributed by atoms with van der Waals surface area (Å²) in [7, 11) is 1.49. The number of carboxylic acid groups (broad SMARTS) is 1. The number of carboxylic acids is 1. The van der Waals surface area contributed by atoms with Gasteiger partial charge in [-0.15, -0.1) is 10.1 Å². The van der Waals surface area contributed by atoms with E-state index in [2.05, 4.69) is 9.68 Å². The molecule has 4 bridgehead atoms. The second kappa shape index (κ2) is 5.49. The van der Waals surface area contributed by atoms with Crippen LogP contribution in [0.5, 0.6) is 0 Å². The summed E-state index contributed by atoms with van der Waals surface area (Å²) in [6.45, 7) is 0.236. The Morgan fingerprint density at radius 2 is 2.45 bits per heavy atom. The quantitative estimate of drug-likeness (QED) is 0.821. The molecule has 0 spiro atoms. The zero-order valence-corrected chi connectivity index (χ0v) is 11.0. The van der Waals surface area contributed by atoms with Gasteiger partial charge in [-0.1, -0.05) is 5.16 Å². The molecule has 1 aromatic rings. The van der Waals surface area contributed by atoms with Gasteiger partial charge in [0.15, 0.2) is 11.5 Å². The summed E-state index contributed by atoms with van der Waals surface area (Å²) in [5, 5.41) is 13.7. The van der Waals surface area contributed by atoms with E-state index in [1.807, 2.05) is 5.06 Å². The van der Waals surface area contributed by atoms with Crippen LogP contribution in [0.15, 0.2) is 10.6 Å². The molecule has 0 amide bonds. The number of piperidine rings is 1. The molecular weight excluding hydrogens is 268 g/mol. The molecule has 8 heteroatoms. The minimum absolute atomic E-state index is 0.1000. The monoisotopic (exact) mass is 284 g/mol. The molecule has 4 heterocycles. The predicted molar refractivity (Wildman–Crippen MR) is 63.4 cm³/mol. The van der Waals surface area contributed by atoms with E-state index in [0.717, 1.165) is 0 Å². The third-order valence-electron chi connectivity index (χ3n) is 3.73. The van der Waals surface area contributed by atoms with E-state index in [0.29, 0.717) is 23.9 Å². The van der Waals surface area contributed by atoms with Crippen molar-refractivity contribution in [3.05, 3.63) is 17.5 Å². The fourth-order valence-corrected chi connectivity index (χ4v) is 2.69. The topological polar surface area (TPSA) is 94.3 Å². The first-order valence-electron chi connectivity index (χ1n) is 6.48. The summed E-state index contributed by atoms with van der Waals surface area (Å²) in [5.74, 6) is -0.694. The largest absolute Gasteiger partial charge is 0.476 e. The van der Waals surface area contributed by atoms with Crippen LogP contribution in [0.4, 0.5) is 0 Å². The third-order valence-corrected chi connectivity index (χ3v) is 3.73. The molecule has 3 aliphatic heterocycles. The Hall–Kier alpha value is -1.48. The van der Waals surface area contributed by atoms with Gasteiger partial charge in [-0.25, -0.2) is 9.68 Å². The van der Waals surface area contributed by atoms with Crippen molar-refractivity contribution >= 4 is 5.97 Å². The zero-order chi connectivity index (χ0) is 14.1. The van der Waals surface area contributed by atoms with Crippen LogP contribution in [-0.2, 0) is 21.2 Å². The van der Waals surface area contributed by atoms with Crippen molar-refractivity contribution in [1.82, 2.24) is 10.2 Å². The minimum atomic E-state index is -1.10. The highest BCUT2D eigenvalue weighted by Crippen LogP contribution is 2.44. The fourth-order valence-electron chi connectivity index (χ4n) is 2.69. The molecule has 20 heavy (non-hydrogen) atoms. The van der Waals surface area contributed by atoms with E-state index >= 15 is 0 Å². The van der Waals surface area contributed by atoms with E-state index in [4.69, 9.17) is 19.7 Å². The summed E-state index contributed by atoms with van der Waals surface area (Å²) < 4.78 is 9.30. The molecule has 110 valence electrons. The highest BCUT2D eigenvalue weighted by molar-refractivity contribution is 5.85. The van der Waals surface area contributed by atoms with Crippen LogP contribution < -0.4 is 0 Å². The van der Waals surface area contributed by atoms with Gasteiger partial charge < -0.3 is 14.4 Å². The lowest BCUT2D eigenvalue weighted by molar-refractivity contribution is -0.399. The molecule has 5 rings (SSSR count). The first kappa shape index (κ1) is 13.5. The highest BCUT2D eigenvalue weighted by atomic mass is 17.3. The lowest BCUT2D eigenvalue weighted by Crippen LogP contribution is -2.58. The van der Waals surface area contributed by atoms with Gasteiger partial charge in [0.05, 0.1) is 6.04 Å². The highest BCUT2D eigenvalue weighted by Gasteiger charge is 2.54. The summed E-state index contributed by atoms with van der Waals surface area (Å²) in [6, 6.07) is 2.63. The standard InChI is InChI=1S/C6H7NO4.C6H9NO2/c1-10-3-4-2-5(6(8)9)7-11-4;1-2-6-5-3-4(1)7(5)9-8-6/h2H,3H2,1H3,(H,8,9);4-6H,1-3H2. The maximum Gasteiger partial charge on any atom is 0.358 e. The Kier molecular flexibility index (Phi) is 3.70. The lowest BCUT2D eigenvalue weighted by Gasteiger charge is -2.45. The second-order valence-electron chi connectivity index (χ2n) is 5.02. The van der Waals surface area contributed by atoms with Crippen LogP contribution in [0.3, 0.4) is 0 Å². The smallest absolute Gasteiger partial charge is 0.358 e. The molecule has 1 N–H and O–H groups in total. The Labute approximate surface area is 115 Å². The Balaban J connectivity index is 0.000000122. The number of carbonyl (C=O) groups is 1. The summed E-state index contributed by atoms with van der Waals surface area (Å²) in [4.78, 5) is 20.3. The van der Waals surface area contributed by atoms with Crippen LogP contribution in [-0.4, -0.2) is 46.6 Å². The molecule has 4 aliphatic rings. The molecule has 1 aromatic heterocycles. The first-order valence-corrected chi connectivity index (χ1v) is 6.48. The number of hydroxylamine groups is 2. The van der Waals surface area contributed by atoms with E-state index in [1.54, 1.807) is 0 Å². The molecule has 4 atom stereocenters. The average Bonchev–Trinajstić information content (AvgIpc) is 2.96. The summed E-state index contributed by atoms with van der Waals surface area (Å²) in [6.07, 6.45) is 4.16. The number of nitrogens with zero attached hydrogens (tertiary/aromatic N) is 2. The normalized spacial score (nSPS) is 33.0. The van der Waals surface area contributed by atoms with E-state index in [1.165, 1.54) is 32.4 Å². The number of aromatic carboxylic acids is 1. The SMILES string of the molecule is C1CC2CC3C1OON23.COCc1cc(C(=O)O)no1. The number of methoxy groups -OCH3 is 1. The molecule has 8 nitrogen and oxygen atoms in total. The van der Waals surface area contributed by atoms with Gasteiger partial charge in [0, 0.05) is 19.2 Å². The van der Waals surface area contributed by atoms with Crippen molar-refractivity contribution in [3.63, 3.8) is 0 Å². The van der Waals surface area contributed by atoms with Crippen molar-refractivity contribution in [2.45, 2.75) is 44.1 Å². The maximum absolute atomic E-state index is 10.3. The van der Waals surface area contributed by atoms with Crippen molar-refractivity contribution in [2.24, 2.45) is 0 Å². The van der Waals surface area contributed by atoms with Crippen molar-refractivity contribution in [1.29, 1.82) is 0 Å². The molecular formula is C12H16N2O6. The fraction of sp³-hybridized carbons (Fsp3) is 0.667. The lowest BCUT2D eigenvalue weighted by atomic mass is 9.80. The number of fused-ring (bicyclic) bond motifs is 1. The molecule has 3 saturated heterocycles. The van der Waals surface area contributed by atoms with Crippen LogP contribution >= 0.6 is 0 Å². The summed E-state index contributed by atoms with van der Waals surface area (Å²) >= 11 is 0. The number of ether oxygens (including phenoxy) is 1. The van der Waals surface area contributed by atoms with Gasteiger partial charge in [0.2, 0.25) is 0 Å². The minimum Gasteiger partial charge on any atom is -0.476 e. The number of hydrogen-bond donors (Lipinski definition) is 1. The van der Waals surface area contributed by atoms with Crippen molar-refractivity contribution in [3.8, 4) is 0 Å².